The van der Waals surface area contributed by atoms with Gasteiger partial charge in [0.15, 0.2) is 0 Å². The van der Waals surface area contributed by atoms with Gasteiger partial charge < -0.3 is 4.90 Å². The van der Waals surface area contributed by atoms with Gasteiger partial charge in [-0.05, 0) is 36.1 Å². The van der Waals surface area contributed by atoms with Crippen molar-refractivity contribution in [3.05, 3.63) is 0 Å². The van der Waals surface area contributed by atoms with Crippen molar-refractivity contribution >= 4 is 17.7 Å². The largest absolute Gasteiger partial charge is 0.339 e. The smallest absolute Gasteiger partial charge is 0.233 e. The normalized spacial score (nSPS) is 20.1. The summed E-state index contributed by atoms with van der Waals surface area (Å²) in [5.41, 5.74) is 0. The summed E-state index contributed by atoms with van der Waals surface area (Å²) in [6.45, 7) is 3.05. The lowest BCUT2D eigenvalue weighted by Gasteiger charge is -2.35. The maximum atomic E-state index is 12.2. The highest BCUT2D eigenvalue weighted by Crippen LogP contribution is 2.21. The van der Waals surface area contributed by atoms with E-state index in [-0.39, 0.29) is 5.91 Å². The van der Waals surface area contributed by atoms with E-state index in [0.717, 1.165) is 25.8 Å². The third-order valence-electron chi connectivity index (χ3n) is 3.32. The summed E-state index contributed by atoms with van der Waals surface area (Å²) in [4.78, 5) is 14.2. The Morgan fingerprint density at radius 2 is 2.33 bits per heavy atom. The van der Waals surface area contributed by atoms with Crippen LogP contribution in [0.2, 0.25) is 0 Å². The number of carbonyl (C=O) groups is 1. The van der Waals surface area contributed by atoms with Crippen LogP contribution in [0.1, 0.15) is 32.6 Å². The van der Waals surface area contributed by atoms with E-state index in [4.69, 9.17) is 0 Å². The quantitative estimate of drug-likeness (QED) is 0.766. The molecule has 1 aromatic heterocycles. The van der Waals surface area contributed by atoms with E-state index in [2.05, 4.69) is 22.4 Å². The Hall–Kier alpha value is -1.11. The number of rotatable bonds is 4. The van der Waals surface area contributed by atoms with Crippen LogP contribution in [0.25, 0.3) is 0 Å². The number of likely N-dealkylation sites (tertiary alicyclic amines) is 1. The number of hydrogen-bond acceptors (Lipinski definition) is 5. The number of carbonyl (C=O) groups excluding carboxylic acids is 1. The molecule has 0 bridgehead atoms. The highest BCUT2D eigenvalue weighted by molar-refractivity contribution is 7.99. The van der Waals surface area contributed by atoms with Gasteiger partial charge in [0.25, 0.3) is 0 Å². The van der Waals surface area contributed by atoms with Gasteiger partial charge in [0, 0.05) is 19.6 Å². The zero-order valence-corrected chi connectivity index (χ0v) is 11.7. The van der Waals surface area contributed by atoms with Crippen LogP contribution in [0.5, 0.6) is 0 Å². The van der Waals surface area contributed by atoms with Gasteiger partial charge in [0.2, 0.25) is 11.1 Å². The molecule has 1 aromatic rings. The van der Waals surface area contributed by atoms with E-state index >= 15 is 0 Å². The first-order valence-corrected chi connectivity index (χ1v) is 7.35. The highest BCUT2D eigenvalue weighted by Gasteiger charge is 2.25. The average Bonchev–Trinajstić information content (AvgIpc) is 2.81. The fraction of sp³-hybridized carbons (Fsp3) is 0.818. The minimum Gasteiger partial charge on any atom is -0.339 e. The van der Waals surface area contributed by atoms with Crippen LogP contribution in [0.3, 0.4) is 0 Å². The van der Waals surface area contributed by atoms with Gasteiger partial charge in [0.1, 0.15) is 0 Å². The maximum absolute atomic E-state index is 12.2. The van der Waals surface area contributed by atoms with Crippen molar-refractivity contribution in [3.63, 3.8) is 0 Å². The average molecular weight is 269 g/mol. The molecule has 100 valence electrons. The molecule has 0 aromatic carbocycles. The first kappa shape index (κ1) is 13.3. The lowest BCUT2D eigenvalue weighted by Crippen LogP contribution is -2.44. The number of thioether (sulfide) groups is 1. The summed E-state index contributed by atoms with van der Waals surface area (Å²) < 4.78 is 1.59. The van der Waals surface area contributed by atoms with Crippen LogP contribution in [-0.2, 0) is 11.8 Å². The number of aryl methyl sites for hydroxylation is 1. The van der Waals surface area contributed by atoms with E-state index < -0.39 is 0 Å². The summed E-state index contributed by atoms with van der Waals surface area (Å²) in [5.74, 6) is 0.625. The van der Waals surface area contributed by atoms with Crippen molar-refractivity contribution < 1.29 is 4.79 Å². The molecule has 2 rings (SSSR count). The van der Waals surface area contributed by atoms with E-state index in [0.29, 0.717) is 17.0 Å². The van der Waals surface area contributed by atoms with Gasteiger partial charge in [-0.3, -0.25) is 4.79 Å². The van der Waals surface area contributed by atoms with Crippen LogP contribution in [-0.4, -0.2) is 49.4 Å². The third-order valence-corrected chi connectivity index (χ3v) is 4.32. The fourth-order valence-electron chi connectivity index (χ4n) is 2.31. The second-order valence-corrected chi connectivity index (χ2v) is 5.46. The molecule has 2 heterocycles. The number of tetrazole rings is 1. The van der Waals surface area contributed by atoms with E-state index in [9.17, 15) is 4.79 Å². The Kier molecular flexibility index (Phi) is 4.57. The molecule has 0 spiro atoms. The Bertz CT molecular complexity index is 408. The second kappa shape index (κ2) is 6.17. The number of aromatic nitrogens is 4. The van der Waals surface area contributed by atoms with E-state index in [1.165, 1.54) is 18.2 Å². The van der Waals surface area contributed by atoms with Gasteiger partial charge in [-0.2, -0.15) is 0 Å². The van der Waals surface area contributed by atoms with Crippen molar-refractivity contribution in [2.45, 2.75) is 43.8 Å². The molecule has 0 N–H and O–H groups in total. The molecule has 1 amide bonds. The van der Waals surface area contributed by atoms with Crippen molar-refractivity contribution in [2.75, 3.05) is 12.3 Å². The Labute approximate surface area is 111 Å². The molecule has 1 unspecified atom stereocenters. The lowest BCUT2D eigenvalue weighted by atomic mass is 10.0. The molecular formula is C11H19N5OS. The Balaban J connectivity index is 1.89. The van der Waals surface area contributed by atoms with Crippen molar-refractivity contribution in [3.8, 4) is 0 Å². The molecule has 0 aliphatic carbocycles. The molecule has 1 saturated heterocycles. The van der Waals surface area contributed by atoms with E-state index in [1.807, 2.05) is 4.90 Å². The van der Waals surface area contributed by atoms with Gasteiger partial charge in [-0.25, -0.2) is 4.68 Å². The highest BCUT2D eigenvalue weighted by atomic mass is 32.2. The van der Waals surface area contributed by atoms with Crippen LogP contribution >= 0.6 is 11.8 Å². The molecule has 6 nitrogen and oxygen atoms in total. The number of nitrogens with zero attached hydrogens (tertiary/aromatic N) is 5. The van der Waals surface area contributed by atoms with Crippen LogP contribution in [0.15, 0.2) is 5.16 Å². The molecule has 18 heavy (non-hydrogen) atoms. The van der Waals surface area contributed by atoms with Crippen molar-refractivity contribution in [1.29, 1.82) is 0 Å². The first-order valence-electron chi connectivity index (χ1n) is 6.37. The van der Waals surface area contributed by atoms with Gasteiger partial charge in [0.05, 0.1) is 5.75 Å². The monoisotopic (exact) mass is 269 g/mol. The molecule has 1 fully saturated rings. The molecule has 1 aliphatic heterocycles. The van der Waals surface area contributed by atoms with Crippen LogP contribution < -0.4 is 0 Å². The predicted molar refractivity (Wildman–Crippen MR) is 69.2 cm³/mol. The summed E-state index contributed by atoms with van der Waals surface area (Å²) in [6.07, 6.45) is 4.54. The van der Waals surface area contributed by atoms with Crippen LogP contribution in [0, 0.1) is 0 Å². The molecular weight excluding hydrogens is 250 g/mol. The second-order valence-electron chi connectivity index (χ2n) is 4.52. The number of piperidine rings is 1. The standard InChI is InChI=1S/C11H19N5OS/c1-3-9-6-4-5-7-16(9)10(17)8-18-11-12-13-14-15(11)2/h9H,3-8H2,1-2H3. The molecule has 1 aliphatic rings. The summed E-state index contributed by atoms with van der Waals surface area (Å²) in [6, 6.07) is 0.421. The molecule has 0 saturated carbocycles. The summed E-state index contributed by atoms with van der Waals surface area (Å²) in [5, 5.41) is 11.9. The minimum absolute atomic E-state index is 0.203. The van der Waals surface area contributed by atoms with Gasteiger partial charge in [-0.15, -0.1) is 5.10 Å². The Morgan fingerprint density at radius 1 is 1.50 bits per heavy atom. The molecule has 0 radical (unpaired) electrons. The number of amides is 1. The summed E-state index contributed by atoms with van der Waals surface area (Å²) in [7, 11) is 1.78. The van der Waals surface area contributed by atoms with Gasteiger partial charge >= 0.3 is 0 Å². The topological polar surface area (TPSA) is 63.9 Å². The fourth-order valence-corrected chi connectivity index (χ4v) is 3.04. The van der Waals surface area contributed by atoms with E-state index in [1.54, 1.807) is 11.7 Å². The lowest BCUT2D eigenvalue weighted by molar-refractivity contribution is -0.132. The predicted octanol–water partition coefficient (Wildman–Crippen LogP) is 1.09. The number of hydrogen-bond donors (Lipinski definition) is 0. The Morgan fingerprint density at radius 3 is 3.00 bits per heavy atom. The molecule has 7 heteroatoms. The molecule has 1 atom stereocenters. The van der Waals surface area contributed by atoms with Crippen molar-refractivity contribution in [1.82, 2.24) is 25.1 Å². The zero-order chi connectivity index (χ0) is 13.0. The minimum atomic E-state index is 0.203. The first-order chi connectivity index (χ1) is 8.72. The SMILES string of the molecule is CCC1CCCCN1C(=O)CSc1nnnn1C. The van der Waals surface area contributed by atoms with Gasteiger partial charge in [-0.1, -0.05) is 18.7 Å². The zero-order valence-electron chi connectivity index (χ0n) is 10.9. The van der Waals surface area contributed by atoms with Crippen molar-refractivity contribution in [2.24, 2.45) is 7.05 Å². The third kappa shape index (κ3) is 3.01. The summed E-state index contributed by atoms with van der Waals surface area (Å²) >= 11 is 1.40. The van der Waals surface area contributed by atoms with Crippen LogP contribution in [0.4, 0.5) is 0 Å². The maximum Gasteiger partial charge on any atom is 0.233 e.